The third kappa shape index (κ3) is 190. The van der Waals surface area contributed by atoms with Crippen LogP contribution in [-0.4, -0.2) is 28.8 Å². The molecule has 0 spiro atoms. The van der Waals surface area contributed by atoms with Gasteiger partial charge in [-0.1, -0.05) is 17.0 Å². The molecule has 0 amide bonds. The summed E-state index contributed by atoms with van der Waals surface area (Å²) in [5, 5.41) is 0. The molecule has 0 aliphatic carbocycles. The molecule has 0 atom stereocenters. The van der Waals surface area contributed by atoms with Crippen molar-refractivity contribution in [2.75, 3.05) is 6.26 Å². The molecule has 0 N–H and O–H groups in total. The van der Waals surface area contributed by atoms with E-state index >= 15 is 0 Å². The molecule has 0 heterocycles. The summed E-state index contributed by atoms with van der Waals surface area (Å²) in [5.41, 5.74) is 0. The topological polar surface area (TPSA) is 51.2 Å². The summed E-state index contributed by atoms with van der Waals surface area (Å²) in [4.78, 5) is 0. The van der Waals surface area contributed by atoms with Gasteiger partial charge in [0.25, 0.3) is 0 Å². The average Bonchev–Trinajstić information content (AvgIpc) is 1.41. The molecule has 0 aromatic rings. The van der Waals surface area contributed by atoms with Crippen molar-refractivity contribution in [2.45, 2.75) is 0 Å². The molecule has 5 heteroatoms. The first kappa shape index (κ1) is 9.74. The van der Waals surface area contributed by atoms with Crippen molar-refractivity contribution in [3.8, 4) is 0 Å². The van der Waals surface area contributed by atoms with Gasteiger partial charge < -0.3 is 8.42 Å². The first-order valence-corrected chi connectivity index (χ1v) is 3.81. The van der Waals surface area contributed by atoms with Crippen molar-refractivity contribution >= 4 is 33.2 Å². The Bertz CT molecular complexity index is 68.9. The Kier molecular flexibility index (Phi) is 14.8. The van der Waals surface area contributed by atoms with E-state index in [9.17, 15) is 0 Å². The fourth-order valence-corrected chi connectivity index (χ4v) is 0. The first-order chi connectivity index (χ1) is 2.73. The second-order valence-electron chi connectivity index (χ2n) is 0.401. The monoisotopic (exact) mass is 216 g/mol. The van der Waals surface area contributed by atoms with Gasteiger partial charge in [0.15, 0.2) is 0 Å². The summed E-state index contributed by atoms with van der Waals surface area (Å²) in [6.07, 6.45) is 1.08. The minimum absolute atomic E-state index is 0.100. The fraction of sp³-hybridized carbons (Fsp3) is 1.00. The molecule has 0 aliphatic heterocycles. The van der Waals surface area contributed by atoms with E-state index in [4.69, 9.17) is 11.5 Å². The molecular weight excluding hydrogens is 211 g/mol. The van der Waals surface area contributed by atoms with E-state index in [1.165, 1.54) is 0 Å². The van der Waals surface area contributed by atoms with Crippen LogP contribution in [0.5, 0.6) is 0 Å². The van der Waals surface area contributed by atoms with Gasteiger partial charge >= 0.3 is 25.6 Å². The zero-order valence-corrected chi connectivity index (χ0v) is 7.32. The predicted octanol–water partition coefficient (Wildman–Crippen LogP) is -0.842. The van der Waals surface area contributed by atoms with Crippen LogP contribution < -0.4 is 0 Å². The molecule has 3 nitrogen and oxygen atoms in total. The number of rotatable bonds is 0. The maximum absolute atomic E-state index is 9.00. The van der Waals surface area contributed by atoms with Crippen molar-refractivity contribution in [2.24, 2.45) is 0 Å². The van der Waals surface area contributed by atoms with Crippen molar-refractivity contribution in [1.82, 2.24) is 0 Å². The van der Waals surface area contributed by atoms with Crippen LogP contribution in [0.15, 0.2) is 0 Å². The molecule has 0 fully saturated rings. The summed E-state index contributed by atoms with van der Waals surface area (Å²) >= 11 is 0.100. The van der Waals surface area contributed by atoms with Gasteiger partial charge in [-0.2, -0.15) is 0 Å². The predicted molar refractivity (Wildman–Crippen MR) is 22.5 cm³/mol. The number of hydrogen-bond acceptors (Lipinski definition) is 4. The van der Waals surface area contributed by atoms with Crippen molar-refractivity contribution < 1.29 is 11.5 Å². The molecule has 0 rings (SSSR count). The van der Waals surface area contributed by atoms with Crippen LogP contribution in [0.1, 0.15) is 0 Å². The van der Waals surface area contributed by atoms with Crippen LogP contribution in [0.25, 0.3) is 0 Å². The van der Waals surface area contributed by atoms with Gasteiger partial charge in [0.05, 0.1) is 0 Å². The van der Waals surface area contributed by atoms with Gasteiger partial charge in [0, 0.05) is 0 Å². The zero-order chi connectivity index (χ0) is 5.58. The van der Waals surface area contributed by atoms with Crippen molar-refractivity contribution in [1.29, 1.82) is 0 Å². The van der Waals surface area contributed by atoms with Gasteiger partial charge in [-0.05, 0) is 0 Å². The fourth-order valence-electron chi connectivity index (χ4n) is 0. The van der Waals surface area contributed by atoms with E-state index < -0.39 is 10.7 Å². The second-order valence-corrected chi connectivity index (χ2v) is 1.20. The Balaban J connectivity index is 0. The first-order valence-electron chi connectivity index (χ1n) is 0.977. The second kappa shape index (κ2) is 9.12. The Morgan fingerprint density at radius 1 is 1.33 bits per heavy atom. The maximum atomic E-state index is 9.00. The van der Waals surface area contributed by atoms with E-state index in [0.717, 1.165) is 6.26 Å². The summed E-state index contributed by atoms with van der Waals surface area (Å²) in [5.74, 6) is 0. The van der Waals surface area contributed by atoms with Gasteiger partial charge in [0.1, 0.15) is 0 Å². The minimum atomic E-state index is -1.86. The van der Waals surface area contributed by atoms with Crippen molar-refractivity contribution in [3.05, 3.63) is 0 Å². The van der Waals surface area contributed by atoms with E-state index in [2.05, 4.69) is 0 Å². The summed E-state index contributed by atoms with van der Waals surface area (Å²) in [7, 11) is -1.86. The third-order valence-electron chi connectivity index (χ3n) is 0. The van der Waals surface area contributed by atoms with E-state index in [0.29, 0.717) is 0 Å². The zero-order valence-electron chi connectivity index (χ0n) is 3.21. The van der Waals surface area contributed by atoms with Gasteiger partial charge in [0.2, 0.25) is 0 Å². The summed E-state index contributed by atoms with van der Waals surface area (Å²) in [6.45, 7) is 0. The molecule has 1 radical (unpaired) electrons. The standard InChI is InChI=1S/CH3O2S.O.Sn.H/c1-4(2)3;;;/h1H3;;;/q-1;;;. The molecule has 0 bridgehead atoms. The molecule has 0 saturated carbocycles. The normalized spacial score (nSPS) is 6.33. The Labute approximate surface area is 51.2 Å². The Morgan fingerprint density at radius 2 is 1.33 bits per heavy atom. The van der Waals surface area contributed by atoms with Gasteiger partial charge in [-0.3, -0.25) is 0 Å². The molecule has 0 unspecified atom stereocenters. The average molecular weight is 215 g/mol. The van der Waals surface area contributed by atoms with Crippen LogP contribution >= 0.6 is 0 Å². The SMILES string of the molecule is C[S-](=O)=O.[O]=[SnH]. The third-order valence-corrected chi connectivity index (χ3v) is 0. The molecule has 6 heavy (non-hydrogen) atoms. The van der Waals surface area contributed by atoms with Crippen LogP contribution in [0.4, 0.5) is 0 Å². The summed E-state index contributed by atoms with van der Waals surface area (Å²) < 4.78 is 26.4. The Morgan fingerprint density at radius 3 is 1.33 bits per heavy atom. The molecular formula is CH4O3SSn-. The number of hydrogen-bond donors (Lipinski definition) is 0. The molecule has 0 aromatic heterocycles. The molecule has 0 aromatic carbocycles. The molecule has 37 valence electrons. The van der Waals surface area contributed by atoms with Crippen molar-refractivity contribution in [3.63, 3.8) is 0 Å². The van der Waals surface area contributed by atoms with Crippen LogP contribution in [0.3, 0.4) is 0 Å². The summed E-state index contributed by atoms with van der Waals surface area (Å²) in [6, 6.07) is 0. The van der Waals surface area contributed by atoms with Crippen LogP contribution in [-0.2, 0) is 22.2 Å². The van der Waals surface area contributed by atoms with Crippen LogP contribution in [0, 0.1) is 0 Å². The van der Waals surface area contributed by atoms with Crippen LogP contribution in [0.2, 0.25) is 0 Å². The van der Waals surface area contributed by atoms with Gasteiger partial charge in [-0.25, -0.2) is 0 Å². The molecule has 0 aliphatic rings. The van der Waals surface area contributed by atoms with E-state index in [1.807, 2.05) is 0 Å². The van der Waals surface area contributed by atoms with Gasteiger partial charge in [-0.15, -0.1) is 0 Å². The van der Waals surface area contributed by atoms with E-state index in [-0.39, 0.29) is 22.5 Å². The quantitative estimate of drug-likeness (QED) is 0.390. The molecule has 0 saturated heterocycles. The Hall–Kier alpha value is 0.549. The van der Waals surface area contributed by atoms with E-state index in [1.54, 1.807) is 0 Å².